The maximum atomic E-state index is 13.2. The molecule has 0 radical (unpaired) electrons. The third-order valence-corrected chi connectivity index (χ3v) is 7.86. The molecule has 0 saturated heterocycles. The van der Waals surface area contributed by atoms with E-state index in [9.17, 15) is 4.79 Å². The van der Waals surface area contributed by atoms with Gasteiger partial charge < -0.3 is 4.42 Å². The molecule has 180 valence electrons. The van der Waals surface area contributed by atoms with Crippen molar-refractivity contribution in [2.75, 3.05) is 0 Å². The zero-order chi connectivity index (χ0) is 25.5. The fourth-order valence-corrected chi connectivity index (χ4v) is 6.06. The molecule has 0 aliphatic carbocycles. The van der Waals surface area contributed by atoms with Gasteiger partial charge in [0.05, 0.1) is 16.1 Å². The van der Waals surface area contributed by atoms with Crippen molar-refractivity contribution in [3.05, 3.63) is 138 Å². The lowest BCUT2D eigenvalue weighted by molar-refractivity contribution is 0.544. The van der Waals surface area contributed by atoms with Crippen LogP contribution in [0.2, 0.25) is 0 Å². The standard InChI is InChI=1S/C34H21NO2S/c36-34-30(21-25-14-6-9-17-29(25)37-34)38-33-31(23-11-2-1-3-12-23)27-15-7-8-16-28(27)35-32(33)26-19-18-22-10-4-5-13-24(22)20-26/h1-21H. The van der Waals surface area contributed by atoms with Crippen LogP contribution in [-0.4, -0.2) is 4.98 Å². The smallest absolute Gasteiger partial charge is 0.350 e. The van der Waals surface area contributed by atoms with Gasteiger partial charge in [0.25, 0.3) is 0 Å². The van der Waals surface area contributed by atoms with E-state index in [1.165, 1.54) is 17.1 Å². The van der Waals surface area contributed by atoms with Crippen molar-refractivity contribution in [2.24, 2.45) is 0 Å². The first-order valence-corrected chi connectivity index (χ1v) is 13.2. The molecule has 0 aliphatic heterocycles. The number of hydrogen-bond donors (Lipinski definition) is 0. The van der Waals surface area contributed by atoms with Gasteiger partial charge in [-0.3, -0.25) is 0 Å². The Labute approximate surface area is 223 Å². The fourth-order valence-electron chi connectivity index (χ4n) is 4.94. The average Bonchev–Trinajstić information content (AvgIpc) is 2.97. The maximum absolute atomic E-state index is 13.2. The molecule has 0 bridgehead atoms. The summed E-state index contributed by atoms with van der Waals surface area (Å²) < 4.78 is 5.70. The summed E-state index contributed by atoms with van der Waals surface area (Å²) in [4.78, 5) is 19.8. The van der Waals surface area contributed by atoms with Gasteiger partial charge in [0.1, 0.15) is 5.58 Å². The minimum Gasteiger partial charge on any atom is -0.422 e. The highest BCUT2D eigenvalue weighted by molar-refractivity contribution is 7.99. The number of para-hydroxylation sites is 2. The molecule has 0 fully saturated rings. The van der Waals surface area contributed by atoms with Gasteiger partial charge in [-0.1, -0.05) is 115 Å². The first-order valence-electron chi connectivity index (χ1n) is 12.4. The van der Waals surface area contributed by atoms with Crippen LogP contribution in [0.1, 0.15) is 0 Å². The summed E-state index contributed by atoms with van der Waals surface area (Å²) in [7, 11) is 0. The number of fused-ring (bicyclic) bond motifs is 3. The van der Waals surface area contributed by atoms with Gasteiger partial charge in [-0.05, 0) is 40.6 Å². The SMILES string of the molecule is O=c1oc2ccccc2cc1Sc1c(-c2ccc3ccccc3c2)nc2ccccc2c1-c1ccccc1. The number of nitrogens with zero attached hydrogens (tertiary/aromatic N) is 1. The Hall–Kier alpha value is -4.67. The van der Waals surface area contributed by atoms with E-state index in [2.05, 4.69) is 48.5 Å². The molecule has 0 spiro atoms. The molecule has 7 aromatic rings. The van der Waals surface area contributed by atoms with Crippen LogP contribution >= 0.6 is 11.8 Å². The third kappa shape index (κ3) is 3.96. The second kappa shape index (κ2) is 9.33. The summed E-state index contributed by atoms with van der Waals surface area (Å²) in [6.45, 7) is 0. The molecule has 0 aliphatic rings. The van der Waals surface area contributed by atoms with Crippen LogP contribution in [0.3, 0.4) is 0 Å². The molecule has 0 N–H and O–H groups in total. The normalized spacial score (nSPS) is 11.4. The monoisotopic (exact) mass is 507 g/mol. The summed E-state index contributed by atoms with van der Waals surface area (Å²) in [6.07, 6.45) is 0. The summed E-state index contributed by atoms with van der Waals surface area (Å²) in [5, 5.41) is 4.24. The third-order valence-electron chi connectivity index (χ3n) is 6.75. The molecule has 5 aromatic carbocycles. The topological polar surface area (TPSA) is 43.1 Å². The zero-order valence-electron chi connectivity index (χ0n) is 20.3. The summed E-state index contributed by atoms with van der Waals surface area (Å²) in [5.41, 5.74) is 5.09. The first kappa shape index (κ1) is 22.5. The van der Waals surface area contributed by atoms with Crippen LogP contribution in [0, 0.1) is 0 Å². The molecule has 7 rings (SSSR count). The molecular formula is C34H21NO2S. The van der Waals surface area contributed by atoms with Crippen LogP contribution in [0.4, 0.5) is 0 Å². The quantitative estimate of drug-likeness (QED) is 0.223. The molecule has 2 heterocycles. The van der Waals surface area contributed by atoms with Crippen molar-refractivity contribution < 1.29 is 4.42 Å². The van der Waals surface area contributed by atoms with Gasteiger partial charge in [-0.15, -0.1) is 0 Å². The van der Waals surface area contributed by atoms with Gasteiger partial charge in [-0.2, -0.15) is 0 Å². The molecule has 2 aromatic heterocycles. The van der Waals surface area contributed by atoms with E-state index in [0.717, 1.165) is 49.0 Å². The van der Waals surface area contributed by atoms with Gasteiger partial charge >= 0.3 is 5.63 Å². The lowest BCUT2D eigenvalue weighted by Crippen LogP contribution is -2.03. The summed E-state index contributed by atoms with van der Waals surface area (Å²) in [6, 6.07) is 42.8. The fraction of sp³-hybridized carbons (Fsp3) is 0. The summed E-state index contributed by atoms with van der Waals surface area (Å²) in [5.74, 6) is 0. The van der Waals surface area contributed by atoms with E-state index in [4.69, 9.17) is 9.40 Å². The number of benzene rings is 5. The highest BCUT2D eigenvalue weighted by atomic mass is 32.2. The molecular weight excluding hydrogens is 486 g/mol. The van der Waals surface area contributed by atoms with E-state index < -0.39 is 0 Å². The first-order chi connectivity index (χ1) is 18.7. The molecule has 0 atom stereocenters. The summed E-state index contributed by atoms with van der Waals surface area (Å²) >= 11 is 1.42. The Kier molecular flexibility index (Phi) is 5.53. The van der Waals surface area contributed by atoms with Crippen molar-refractivity contribution in [3.8, 4) is 22.4 Å². The number of hydrogen-bond acceptors (Lipinski definition) is 4. The molecule has 38 heavy (non-hydrogen) atoms. The van der Waals surface area contributed by atoms with E-state index in [1.54, 1.807) is 0 Å². The zero-order valence-corrected chi connectivity index (χ0v) is 21.1. The minimum absolute atomic E-state index is 0.356. The van der Waals surface area contributed by atoms with Crippen LogP contribution in [-0.2, 0) is 0 Å². The van der Waals surface area contributed by atoms with Crippen molar-refractivity contribution >= 4 is 44.4 Å². The second-order valence-corrected chi connectivity index (χ2v) is 10.2. The minimum atomic E-state index is -0.356. The van der Waals surface area contributed by atoms with Crippen molar-refractivity contribution in [3.63, 3.8) is 0 Å². The average molecular weight is 508 g/mol. The number of aromatic nitrogens is 1. The Morgan fingerprint density at radius 2 is 1.32 bits per heavy atom. The molecule has 4 heteroatoms. The van der Waals surface area contributed by atoms with E-state index in [0.29, 0.717) is 10.5 Å². The predicted molar refractivity (Wildman–Crippen MR) is 157 cm³/mol. The van der Waals surface area contributed by atoms with Crippen LogP contribution < -0.4 is 5.63 Å². The molecule has 0 unspecified atom stereocenters. The lowest BCUT2D eigenvalue weighted by Gasteiger charge is -2.18. The largest absolute Gasteiger partial charge is 0.422 e. The van der Waals surface area contributed by atoms with E-state index in [1.807, 2.05) is 78.9 Å². The van der Waals surface area contributed by atoms with Crippen LogP contribution in [0.25, 0.3) is 55.0 Å². The van der Waals surface area contributed by atoms with E-state index in [-0.39, 0.29) is 5.63 Å². The molecule has 3 nitrogen and oxygen atoms in total. The van der Waals surface area contributed by atoms with Crippen LogP contribution in [0.5, 0.6) is 0 Å². The van der Waals surface area contributed by atoms with Crippen molar-refractivity contribution in [1.29, 1.82) is 0 Å². The van der Waals surface area contributed by atoms with Gasteiger partial charge in [0.2, 0.25) is 0 Å². The number of pyridine rings is 1. The highest BCUT2D eigenvalue weighted by Gasteiger charge is 2.21. The van der Waals surface area contributed by atoms with E-state index >= 15 is 0 Å². The lowest BCUT2D eigenvalue weighted by atomic mass is 9.97. The van der Waals surface area contributed by atoms with Gasteiger partial charge in [-0.25, -0.2) is 9.78 Å². The predicted octanol–water partition coefficient (Wildman–Crippen LogP) is 8.98. The Morgan fingerprint density at radius 3 is 2.18 bits per heavy atom. The Morgan fingerprint density at radius 1 is 0.605 bits per heavy atom. The van der Waals surface area contributed by atoms with Gasteiger partial charge in [0.15, 0.2) is 0 Å². The van der Waals surface area contributed by atoms with Crippen molar-refractivity contribution in [2.45, 2.75) is 9.79 Å². The maximum Gasteiger partial charge on any atom is 0.350 e. The second-order valence-electron chi connectivity index (χ2n) is 9.15. The number of rotatable bonds is 4. The Bertz CT molecular complexity index is 2030. The molecule has 0 saturated carbocycles. The van der Waals surface area contributed by atoms with Crippen molar-refractivity contribution in [1.82, 2.24) is 4.98 Å². The molecule has 0 amide bonds. The van der Waals surface area contributed by atoms with Crippen LogP contribution in [0.15, 0.2) is 146 Å². The Balaban J connectivity index is 1.55. The van der Waals surface area contributed by atoms with Gasteiger partial charge in [0, 0.05) is 26.8 Å². The highest BCUT2D eigenvalue weighted by Crippen LogP contribution is 2.45.